The molecule has 3 aromatic rings. The number of hydrogen-bond acceptors (Lipinski definition) is 7. The second-order valence-electron chi connectivity index (χ2n) is 10.2. The van der Waals surface area contributed by atoms with Crippen LogP contribution in [0.5, 0.6) is 0 Å². The van der Waals surface area contributed by atoms with Gasteiger partial charge in [-0.3, -0.25) is 4.90 Å². The third kappa shape index (κ3) is 6.43. The standard InChI is InChI=1S/C26H33Cl2N7O2S/c1-38(36,37)35-17-23(14-18-2-6-20(27)7-3-18)34(16-24(35)15-19-4-8-21(28)9-5-19)22-10-12-33(13-11-22)26-30-25(29)31-32-26/h2-9,22-24H,10-17H2,1H3,(H3,29,30,31,32)/t23?,24-/m0/s1. The number of H-pyrrole nitrogens is 1. The zero-order chi connectivity index (χ0) is 26.9. The molecule has 0 bridgehead atoms. The molecule has 0 spiro atoms. The summed E-state index contributed by atoms with van der Waals surface area (Å²) in [5.41, 5.74) is 7.94. The van der Waals surface area contributed by atoms with Gasteiger partial charge in [0.2, 0.25) is 21.9 Å². The minimum absolute atomic E-state index is 0.0445. The van der Waals surface area contributed by atoms with Crippen LogP contribution in [0.3, 0.4) is 0 Å². The highest BCUT2D eigenvalue weighted by Crippen LogP contribution is 2.30. The Morgan fingerprint density at radius 2 is 1.47 bits per heavy atom. The maximum Gasteiger partial charge on any atom is 0.246 e. The van der Waals surface area contributed by atoms with E-state index in [4.69, 9.17) is 28.9 Å². The molecular formula is C26H33Cl2N7O2S. The van der Waals surface area contributed by atoms with E-state index in [2.05, 4.69) is 25.0 Å². The molecule has 5 rings (SSSR count). The lowest BCUT2D eigenvalue weighted by Gasteiger charge is -2.50. The topological polar surface area (TPSA) is 111 Å². The van der Waals surface area contributed by atoms with Crippen LogP contribution in [0.2, 0.25) is 10.0 Å². The lowest BCUT2D eigenvalue weighted by atomic mass is 9.93. The number of piperidine rings is 1. The number of rotatable bonds is 7. The Hall–Kier alpha value is -2.37. The first-order chi connectivity index (χ1) is 18.2. The van der Waals surface area contributed by atoms with Gasteiger partial charge in [-0.25, -0.2) is 13.5 Å². The van der Waals surface area contributed by atoms with Crippen molar-refractivity contribution in [1.82, 2.24) is 24.4 Å². The molecule has 2 atom stereocenters. The second kappa shape index (κ2) is 11.4. The lowest BCUT2D eigenvalue weighted by Crippen LogP contribution is -2.64. The number of sulfonamides is 1. The van der Waals surface area contributed by atoms with E-state index in [1.54, 1.807) is 4.31 Å². The minimum Gasteiger partial charge on any atom is -0.368 e. The van der Waals surface area contributed by atoms with E-state index in [1.807, 2.05) is 48.5 Å². The minimum atomic E-state index is -3.41. The number of piperazine rings is 1. The fourth-order valence-electron chi connectivity index (χ4n) is 5.74. The molecule has 3 N–H and O–H groups in total. The Morgan fingerprint density at radius 3 is 1.97 bits per heavy atom. The van der Waals surface area contributed by atoms with Gasteiger partial charge in [0.1, 0.15) is 0 Å². The summed E-state index contributed by atoms with van der Waals surface area (Å²) in [5.74, 6) is 0.938. The number of nitrogens with zero attached hydrogens (tertiary/aromatic N) is 5. The average Bonchev–Trinajstić information content (AvgIpc) is 3.33. The molecule has 2 aromatic carbocycles. The normalized spacial score (nSPS) is 22.1. The number of nitrogens with two attached hydrogens (primary N) is 1. The van der Waals surface area contributed by atoms with Crippen LogP contribution < -0.4 is 10.6 Å². The van der Waals surface area contributed by atoms with Crippen LogP contribution in [0.1, 0.15) is 24.0 Å². The molecule has 2 fully saturated rings. The lowest BCUT2D eigenvalue weighted by molar-refractivity contribution is 0.0313. The molecule has 0 radical (unpaired) electrons. The number of hydrogen-bond donors (Lipinski definition) is 2. The van der Waals surface area contributed by atoms with Crippen LogP contribution in [0.25, 0.3) is 0 Å². The van der Waals surface area contributed by atoms with Crippen molar-refractivity contribution in [2.24, 2.45) is 0 Å². The number of nitrogen functional groups attached to an aromatic ring is 1. The summed E-state index contributed by atoms with van der Waals surface area (Å²) in [6.45, 7) is 2.72. The fourth-order valence-corrected chi connectivity index (χ4v) is 7.11. The molecule has 9 nitrogen and oxygen atoms in total. The van der Waals surface area contributed by atoms with Crippen molar-refractivity contribution in [2.45, 2.75) is 43.8 Å². The number of aromatic amines is 1. The van der Waals surface area contributed by atoms with Gasteiger partial charge < -0.3 is 10.6 Å². The summed E-state index contributed by atoms with van der Waals surface area (Å²) in [5, 5.41) is 8.29. The van der Waals surface area contributed by atoms with Gasteiger partial charge in [-0.1, -0.05) is 47.5 Å². The molecule has 0 amide bonds. The van der Waals surface area contributed by atoms with Gasteiger partial charge in [0, 0.05) is 54.3 Å². The van der Waals surface area contributed by atoms with Crippen LogP contribution in [0.4, 0.5) is 11.9 Å². The Balaban J connectivity index is 1.39. The molecule has 1 aromatic heterocycles. The zero-order valence-corrected chi connectivity index (χ0v) is 23.6. The largest absolute Gasteiger partial charge is 0.368 e. The molecule has 38 heavy (non-hydrogen) atoms. The number of aromatic nitrogens is 3. The van der Waals surface area contributed by atoms with Crippen LogP contribution in [-0.2, 0) is 22.9 Å². The third-order valence-corrected chi connectivity index (χ3v) is 9.39. The summed E-state index contributed by atoms with van der Waals surface area (Å²) in [6, 6.07) is 15.7. The van der Waals surface area contributed by atoms with Gasteiger partial charge >= 0.3 is 0 Å². The maximum absolute atomic E-state index is 13.0. The molecule has 12 heteroatoms. The van der Waals surface area contributed by atoms with Crippen LogP contribution >= 0.6 is 23.2 Å². The van der Waals surface area contributed by atoms with Gasteiger partial charge in [-0.15, -0.1) is 5.10 Å². The van der Waals surface area contributed by atoms with Crippen molar-refractivity contribution in [2.75, 3.05) is 43.1 Å². The van der Waals surface area contributed by atoms with E-state index in [0.29, 0.717) is 47.5 Å². The summed E-state index contributed by atoms with van der Waals surface area (Å²) >= 11 is 12.2. The smallest absolute Gasteiger partial charge is 0.246 e. The van der Waals surface area contributed by atoms with Gasteiger partial charge in [0.25, 0.3) is 0 Å². The van der Waals surface area contributed by atoms with Crippen molar-refractivity contribution in [3.63, 3.8) is 0 Å². The van der Waals surface area contributed by atoms with Crippen molar-refractivity contribution in [1.29, 1.82) is 0 Å². The van der Waals surface area contributed by atoms with Crippen LogP contribution in [-0.4, -0.2) is 83.4 Å². The molecule has 2 aliphatic heterocycles. The number of halogens is 2. The number of benzene rings is 2. The first kappa shape index (κ1) is 27.2. The Kier molecular flexibility index (Phi) is 8.16. The molecule has 2 aliphatic rings. The fraction of sp³-hybridized carbons (Fsp3) is 0.462. The van der Waals surface area contributed by atoms with E-state index >= 15 is 0 Å². The first-order valence-electron chi connectivity index (χ1n) is 12.8. The second-order valence-corrected chi connectivity index (χ2v) is 13.0. The van der Waals surface area contributed by atoms with E-state index in [0.717, 1.165) is 43.5 Å². The number of nitrogens with one attached hydrogen (secondary N) is 1. The van der Waals surface area contributed by atoms with Crippen molar-refractivity contribution < 1.29 is 8.42 Å². The third-order valence-electron chi connectivity index (χ3n) is 7.59. The monoisotopic (exact) mass is 577 g/mol. The van der Waals surface area contributed by atoms with E-state index in [-0.39, 0.29) is 12.1 Å². The van der Waals surface area contributed by atoms with Gasteiger partial charge in [-0.05, 0) is 61.1 Å². The molecule has 3 heterocycles. The van der Waals surface area contributed by atoms with Gasteiger partial charge in [0.05, 0.1) is 6.26 Å². The summed E-state index contributed by atoms with van der Waals surface area (Å²) < 4.78 is 27.7. The highest BCUT2D eigenvalue weighted by molar-refractivity contribution is 7.88. The Labute approximate surface area is 234 Å². The summed E-state index contributed by atoms with van der Waals surface area (Å²) in [7, 11) is -3.41. The highest BCUT2D eigenvalue weighted by Gasteiger charge is 2.41. The predicted octanol–water partition coefficient (Wildman–Crippen LogP) is 3.46. The van der Waals surface area contributed by atoms with Gasteiger partial charge in [-0.2, -0.15) is 9.29 Å². The Bertz CT molecular complexity index is 1330. The number of anilines is 2. The molecule has 1 unspecified atom stereocenters. The maximum atomic E-state index is 13.0. The van der Waals surface area contributed by atoms with E-state index < -0.39 is 10.0 Å². The van der Waals surface area contributed by atoms with E-state index in [9.17, 15) is 8.42 Å². The van der Waals surface area contributed by atoms with Crippen molar-refractivity contribution in [3.8, 4) is 0 Å². The molecule has 204 valence electrons. The SMILES string of the molecule is CS(=O)(=O)N1CC(Cc2ccc(Cl)cc2)N(C2CCN(c3n[nH]c(N)n3)CC2)C[C@@H]1Cc1ccc(Cl)cc1. The molecule has 2 saturated heterocycles. The van der Waals surface area contributed by atoms with Crippen molar-refractivity contribution in [3.05, 3.63) is 69.7 Å². The summed E-state index contributed by atoms with van der Waals surface area (Å²) in [6.07, 6.45) is 4.55. The van der Waals surface area contributed by atoms with Crippen LogP contribution in [0, 0.1) is 0 Å². The van der Waals surface area contributed by atoms with Gasteiger partial charge in [0.15, 0.2) is 0 Å². The molecule has 0 aliphatic carbocycles. The zero-order valence-electron chi connectivity index (χ0n) is 21.3. The van der Waals surface area contributed by atoms with Crippen LogP contribution in [0.15, 0.2) is 48.5 Å². The molecule has 0 saturated carbocycles. The quantitative estimate of drug-likeness (QED) is 0.442. The highest BCUT2D eigenvalue weighted by atomic mass is 35.5. The summed E-state index contributed by atoms with van der Waals surface area (Å²) in [4.78, 5) is 8.97. The van der Waals surface area contributed by atoms with Crippen molar-refractivity contribution >= 4 is 45.1 Å². The predicted molar refractivity (Wildman–Crippen MR) is 152 cm³/mol. The first-order valence-corrected chi connectivity index (χ1v) is 15.4. The average molecular weight is 579 g/mol. The molecular weight excluding hydrogens is 545 g/mol. The van der Waals surface area contributed by atoms with E-state index in [1.165, 1.54) is 6.26 Å². The Morgan fingerprint density at radius 1 is 0.921 bits per heavy atom.